The van der Waals surface area contributed by atoms with Crippen molar-refractivity contribution in [1.29, 1.82) is 0 Å². The van der Waals surface area contributed by atoms with E-state index in [1.165, 1.54) is 19.3 Å². The quantitative estimate of drug-likeness (QED) is 0.809. The number of rotatable bonds is 5. The molecule has 142 valence electrons. The van der Waals surface area contributed by atoms with Crippen LogP contribution in [0.3, 0.4) is 0 Å². The zero-order valence-electron chi connectivity index (χ0n) is 15.8. The number of para-hydroxylation sites is 1. The van der Waals surface area contributed by atoms with Crippen molar-refractivity contribution in [2.75, 3.05) is 17.7 Å². The maximum Gasteiger partial charge on any atom is 0.321 e. The largest absolute Gasteiger partial charge is 0.326 e. The number of nitrogens with zero attached hydrogens (tertiary/aromatic N) is 1. The van der Waals surface area contributed by atoms with Gasteiger partial charge in [-0.25, -0.2) is 4.79 Å². The lowest BCUT2D eigenvalue weighted by Gasteiger charge is -2.31. The fraction of sp³-hybridized carbons (Fsp3) is 0.364. The van der Waals surface area contributed by atoms with Crippen molar-refractivity contribution in [3.8, 4) is 0 Å². The molecule has 2 aromatic rings. The number of carbonyl (C=O) groups is 2. The molecule has 0 aliphatic heterocycles. The number of hydrogen-bond donors (Lipinski definition) is 2. The lowest BCUT2D eigenvalue weighted by atomic mass is 9.95. The molecule has 1 aliphatic carbocycles. The minimum Gasteiger partial charge on any atom is -0.326 e. The van der Waals surface area contributed by atoms with Crippen LogP contribution < -0.4 is 10.6 Å². The van der Waals surface area contributed by atoms with Crippen LogP contribution in [0.5, 0.6) is 0 Å². The molecule has 3 rings (SSSR count). The summed E-state index contributed by atoms with van der Waals surface area (Å²) < 4.78 is 0. The molecule has 0 atom stereocenters. The fourth-order valence-corrected chi connectivity index (χ4v) is 3.52. The average molecular weight is 365 g/mol. The fourth-order valence-electron chi connectivity index (χ4n) is 3.52. The highest BCUT2D eigenvalue weighted by molar-refractivity contribution is 5.93. The van der Waals surface area contributed by atoms with Gasteiger partial charge in [0.05, 0.1) is 6.42 Å². The highest BCUT2D eigenvalue weighted by atomic mass is 16.2. The Morgan fingerprint density at radius 3 is 2.37 bits per heavy atom. The van der Waals surface area contributed by atoms with Crippen LogP contribution in [0.2, 0.25) is 0 Å². The van der Waals surface area contributed by atoms with Crippen molar-refractivity contribution < 1.29 is 9.59 Å². The Kier molecular flexibility index (Phi) is 6.47. The molecule has 1 fully saturated rings. The number of benzene rings is 2. The molecule has 0 unspecified atom stereocenters. The number of nitrogens with one attached hydrogen (secondary N) is 2. The van der Waals surface area contributed by atoms with E-state index >= 15 is 0 Å². The van der Waals surface area contributed by atoms with E-state index in [-0.39, 0.29) is 18.4 Å². The highest BCUT2D eigenvalue weighted by Gasteiger charge is 2.22. The molecule has 1 aliphatic rings. The molecule has 0 bridgehead atoms. The number of hydrogen-bond acceptors (Lipinski definition) is 2. The Hall–Kier alpha value is -2.82. The summed E-state index contributed by atoms with van der Waals surface area (Å²) in [5.41, 5.74) is 2.36. The first-order valence-electron chi connectivity index (χ1n) is 9.59. The van der Waals surface area contributed by atoms with Crippen LogP contribution in [0.25, 0.3) is 0 Å². The van der Waals surface area contributed by atoms with E-state index in [9.17, 15) is 9.59 Å². The summed E-state index contributed by atoms with van der Waals surface area (Å²) in [6.45, 7) is 0. The molecular formula is C22H27N3O2. The van der Waals surface area contributed by atoms with Gasteiger partial charge in [0, 0.05) is 24.5 Å². The van der Waals surface area contributed by atoms with Crippen molar-refractivity contribution in [2.45, 2.75) is 44.6 Å². The van der Waals surface area contributed by atoms with Gasteiger partial charge < -0.3 is 15.5 Å². The third-order valence-electron chi connectivity index (χ3n) is 5.04. The first kappa shape index (κ1) is 19.0. The van der Waals surface area contributed by atoms with E-state index in [1.54, 1.807) is 0 Å². The van der Waals surface area contributed by atoms with E-state index in [2.05, 4.69) is 10.6 Å². The van der Waals surface area contributed by atoms with Gasteiger partial charge in [-0.3, -0.25) is 4.79 Å². The van der Waals surface area contributed by atoms with Crippen LogP contribution in [-0.4, -0.2) is 29.9 Å². The standard InChI is InChI=1S/C22H27N3O2/c1-25(20-13-6-3-7-14-20)22(27)24-19-12-8-9-17(15-19)16-21(26)23-18-10-4-2-5-11-18/h2,4-5,8-12,15,20H,3,6-7,13-14,16H2,1H3,(H,23,26)(H,24,27). The number of carbonyl (C=O) groups excluding carboxylic acids is 2. The zero-order chi connectivity index (χ0) is 19.1. The van der Waals surface area contributed by atoms with Gasteiger partial charge >= 0.3 is 6.03 Å². The summed E-state index contributed by atoms with van der Waals surface area (Å²) in [5, 5.41) is 5.83. The van der Waals surface area contributed by atoms with Gasteiger partial charge in [-0.15, -0.1) is 0 Å². The minimum absolute atomic E-state index is 0.0796. The van der Waals surface area contributed by atoms with Gasteiger partial charge in [0.15, 0.2) is 0 Å². The van der Waals surface area contributed by atoms with Gasteiger partial charge in [-0.1, -0.05) is 49.6 Å². The second-order valence-corrected chi connectivity index (χ2v) is 7.12. The Morgan fingerprint density at radius 1 is 0.926 bits per heavy atom. The van der Waals surface area contributed by atoms with Crippen molar-refractivity contribution in [3.63, 3.8) is 0 Å². The molecule has 2 N–H and O–H groups in total. The van der Waals surface area contributed by atoms with Crippen LogP contribution in [-0.2, 0) is 11.2 Å². The third-order valence-corrected chi connectivity index (χ3v) is 5.04. The summed E-state index contributed by atoms with van der Waals surface area (Å²) in [6.07, 6.45) is 6.05. The van der Waals surface area contributed by atoms with Gasteiger partial charge in [0.25, 0.3) is 0 Å². The Labute approximate surface area is 160 Å². The molecule has 0 heterocycles. The van der Waals surface area contributed by atoms with Crippen LogP contribution in [0.1, 0.15) is 37.7 Å². The first-order valence-corrected chi connectivity index (χ1v) is 9.59. The van der Waals surface area contributed by atoms with E-state index in [1.807, 2.05) is 66.5 Å². The summed E-state index contributed by atoms with van der Waals surface area (Å²) in [4.78, 5) is 26.6. The SMILES string of the molecule is CN(C(=O)Nc1cccc(CC(=O)Nc2ccccc2)c1)C1CCCCC1. The van der Waals surface area contributed by atoms with Crippen LogP contribution in [0.15, 0.2) is 54.6 Å². The molecule has 5 heteroatoms. The number of amides is 3. The Bertz CT molecular complexity index is 770. The zero-order valence-corrected chi connectivity index (χ0v) is 15.8. The van der Waals surface area contributed by atoms with Crippen LogP contribution in [0, 0.1) is 0 Å². The van der Waals surface area contributed by atoms with Gasteiger partial charge in [-0.05, 0) is 42.7 Å². The van der Waals surface area contributed by atoms with Crippen molar-refractivity contribution in [1.82, 2.24) is 4.90 Å². The summed E-state index contributed by atoms with van der Waals surface area (Å²) in [6, 6.07) is 17.1. The van der Waals surface area contributed by atoms with Gasteiger partial charge in [-0.2, -0.15) is 0 Å². The normalized spacial score (nSPS) is 14.4. The Morgan fingerprint density at radius 2 is 1.63 bits per heavy atom. The molecular weight excluding hydrogens is 338 g/mol. The highest BCUT2D eigenvalue weighted by Crippen LogP contribution is 2.22. The molecule has 0 saturated heterocycles. The predicted molar refractivity (Wildman–Crippen MR) is 109 cm³/mol. The molecule has 27 heavy (non-hydrogen) atoms. The molecule has 3 amide bonds. The molecule has 1 saturated carbocycles. The van der Waals surface area contributed by atoms with Gasteiger partial charge in [0.1, 0.15) is 0 Å². The summed E-state index contributed by atoms with van der Waals surface area (Å²) in [5.74, 6) is -0.0796. The van der Waals surface area contributed by atoms with E-state index in [4.69, 9.17) is 0 Å². The second kappa shape index (κ2) is 9.21. The number of urea groups is 1. The molecule has 2 aromatic carbocycles. The second-order valence-electron chi connectivity index (χ2n) is 7.12. The maximum atomic E-state index is 12.5. The van der Waals surface area contributed by atoms with E-state index < -0.39 is 0 Å². The monoisotopic (exact) mass is 365 g/mol. The van der Waals surface area contributed by atoms with Crippen LogP contribution >= 0.6 is 0 Å². The van der Waals surface area contributed by atoms with Gasteiger partial charge in [0.2, 0.25) is 5.91 Å². The summed E-state index contributed by atoms with van der Waals surface area (Å²) in [7, 11) is 1.86. The first-order chi connectivity index (χ1) is 13.1. The lowest BCUT2D eigenvalue weighted by molar-refractivity contribution is -0.115. The lowest BCUT2D eigenvalue weighted by Crippen LogP contribution is -2.40. The van der Waals surface area contributed by atoms with Crippen molar-refractivity contribution in [2.24, 2.45) is 0 Å². The molecule has 0 aromatic heterocycles. The smallest absolute Gasteiger partial charge is 0.321 e. The van der Waals surface area contributed by atoms with Crippen molar-refractivity contribution >= 4 is 23.3 Å². The molecule has 0 radical (unpaired) electrons. The van der Waals surface area contributed by atoms with Crippen molar-refractivity contribution in [3.05, 3.63) is 60.2 Å². The molecule has 5 nitrogen and oxygen atoms in total. The average Bonchev–Trinajstić information content (AvgIpc) is 2.69. The minimum atomic E-state index is -0.0900. The van der Waals surface area contributed by atoms with E-state index in [0.29, 0.717) is 11.7 Å². The van der Waals surface area contributed by atoms with E-state index in [0.717, 1.165) is 24.1 Å². The molecule has 0 spiro atoms. The Balaban J connectivity index is 1.56. The van der Waals surface area contributed by atoms with Crippen LogP contribution in [0.4, 0.5) is 16.2 Å². The predicted octanol–water partition coefficient (Wildman–Crippen LogP) is 4.66. The number of anilines is 2. The maximum absolute atomic E-state index is 12.5. The third kappa shape index (κ3) is 5.58. The summed E-state index contributed by atoms with van der Waals surface area (Å²) >= 11 is 0. The topological polar surface area (TPSA) is 61.4 Å².